The average molecular weight is 255 g/mol. The molecule has 4 nitrogen and oxygen atoms in total. The van der Waals surface area contributed by atoms with Crippen molar-refractivity contribution in [3.8, 4) is 0 Å². The van der Waals surface area contributed by atoms with Crippen LogP contribution in [0.5, 0.6) is 0 Å². The number of rotatable bonds is 8. The second-order valence-electron chi connectivity index (χ2n) is 5.05. The SMILES string of the molecule is COCCN(Cc1ccc(C)o1)C[C@H](O)C(C)C. The Morgan fingerprint density at radius 3 is 2.61 bits per heavy atom. The van der Waals surface area contributed by atoms with Gasteiger partial charge in [0.15, 0.2) is 0 Å². The molecule has 0 fully saturated rings. The van der Waals surface area contributed by atoms with Crippen LogP contribution >= 0.6 is 0 Å². The van der Waals surface area contributed by atoms with E-state index in [1.807, 2.05) is 32.9 Å². The van der Waals surface area contributed by atoms with E-state index in [1.54, 1.807) is 7.11 Å². The third-order valence-electron chi connectivity index (χ3n) is 3.00. The zero-order valence-corrected chi connectivity index (χ0v) is 11.8. The predicted molar refractivity (Wildman–Crippen MR) is 71.4 cm³/mol. The Bertz CT molecular complexity index is 336. The minimum Gasteiger partial charge on any atom is -0.465 e. The molecule has 0 unspecified atom stereocenters. The zero-order chi connectivity index (χ0) is 13.5. The summed E-state index contributed by atoms with van der Waals surface area (Å²) in [6.45, 7) is 8.78. The van der Waals surface area contributed by atoms with Gasteiger partial charge in [0, 0.05) is 20.2 Å². The summed E-state index contributed by atoms with van der Waals surface area (Å²) in [6, 6.07) is 3.94. The molecule has 0 radical (unpaired) electrons. The molecule has 0 aliphatic rings. The number of hydrogen-bond donors (Lipinski definition) is 1. The van der Waals surface area contributed by atoms with E-state index in [4.69, 9.17) is 9.15 Å². The van der Waals surface area contributed by atoms with Gasteiger partial charge in [-0.3, -0.25) is 4.90 Å². The topological polar surface area (TPSA) is 45.8 Å². The van der Waals surface area contributed by atoms with Crippen LogP contribution in [0.15, 0.2) is 16.5 Å². The number of methoxy groups -OCH3 is 1. The molecule has 1 rings (SSSR count). The maximum Gasteiger partial charge on any atom is 0.118 e. The fourth-order valence-electron chi connectivity index (χ4n) is 1.72. The molecule has 0 saturated carbocycles. The summed E-state index contributed by atoms with van der Waals surface area (Å²) in [5.74, 6) is 2.11. The number of ether oxygens (including phenoxy) is 1. The Hall–Kier alpha value is -0.840. The Morgan fingerprint density at radius 2 is 2.11 bits per heavy atom. The van der Waals surface area contributed by atoms with Crippen LogP contribution in [0.25, 0.3) is 0 Å². The van der Waals surface area contributed by atoms with Crippen molar-refractivity contribution in [2.75, 3.05) is 26.8 Å². The van der Waals surface area contributed by atoms with E-state index >= 15 is 0 Å². The van der Waals surface area contributed by atoms with E-state index in [-0.39, 0.29) is 12.0 Å². The van der Waals surface area contributed by atoms with Gasteiger partial charge in [0.1, 0.15) is 11.5 Å². The first-order chi connectivity index (χ1) is 8.52. The molecule has 1 heterocycles. The van der Waals surface area contributed by atoms with Crippen molar-refractivity contribution < 1.29 is 14.3 Å². The molecule has 0 aromatic carbocycles. The Labute approximate surface area is 110 Å². The van der Waals surface area contributed by atoms with Gasteiger partial charge in [-0.15, -0.1) is 0 Å². The summed E-state index contributed by atoms with van der Waals surface area (Å²) in [6.07, 6.45) is -0.321. The summed E-state index contributed by atoms with van der Waals surface area (Å²) in [7, 11) is 1.69. The molecular formula is C14H25NO3. The van der Waals surface area contributed by atoms with Crippen LogP contribution in [0.1, 0.15) is 25.4 Å². The fourth-order valence-corrected chi connectivity index (χ4v) is 1.72. The first-order valence-electron chi connectivity index (χ1n) is 6.47. The van der Waals surface area contributed by atoms with Crippen molar-refractivity contribution in [1.29, 1.82) is 0 Å². The van der Waals surface area contributed by atoms with Gasteiger partial charge in [-0.1, -0.05) is 13.8 Å². The molecule has 1 aromatic rings. The molecule has 1 N–H and O–H groups in total. The number of aryl methyl sites for hydroxylation is 1. The van der Waals surface area contributed by atoms with Crippen LogP contribution in [-0.4, -0.2) is 42.9 Å². The highest BCUT2D eigenvalue weighted by Crippen LogP contribution is 2.11. The predicted octanol–water partition coefficient (Wildman–Crippen LogP) is 2.05. The van der Waals surface area contributed by atoms with Crippen LogP contribution < -0.4 is 0 Å². The Balaban J connectivity index is 2.54. The van der Waals surface area contributed by atoms with Crippen molar-refractivity contribution in [3.05, 3.63) is 23.7 Å². The second-order valence-corrected chi connectivity index (χ2v) is 5.05. The maximum absolute atomic E-state index is 9.97. The molecule has 0 bridgehead atoms. The lowest BCUT2D eigenvalue weighted by molar-refractivity contribution is 0.0562. The highest BCUT2D eigenvalue weighted by atomic mass is 16.5. The first kappa shape index (κ1) is 15.2. The number of aliphatic hydroxyl groups excluding tert-OH is 1. The summed E-state index contributed by atoms with van der Waals surface area (Å²) in [4.78, 5) is 2.16. The molecule has 0 spiro atoms. The monoisotopic (exact) mass is 255 g/mol. The second kappa shape index (κ2) is 7.56. The minimum atomic E-state index is -0.321. The average Bonchev–Trinajstić information content (AvgIpc) is 2.71. The van der Waals surface area contributed by atoms with Crippen molar-refractivity contribution in [3.63, 3.8) is 0 Å². The van der Waals surface area contributed by atoms with Gasteiger partial charge in [-0.25, -0.2) is 0 Å². The van der Waals surface area contributed by atoms with Crippen LogP contribution in [0.4, 0.5) is 0 Å². The number of nitrogens with zero attached hydrogens (tertiary/aromatic N) is 1. The molecule has 104 valence electrons. The molecule has 4 heteroatoms. The summed E-state index contributed by atoms with van der Waals surface area (Å²) >= 11 is 0. The molecular weight excluding hydrogens is 230 g/mol. The van der Waals surface area contributed by atoms with Crippen molar-refractivity contribution in [2.24, 2.45) is 5.92 Å². The lowest BCUT2D eigenvalue weighted by Crippen LogP contribution is -2.36. The largest absolute Gasteiger partial charge is 0.465 e. The number of aliphatic hydroxyl groups is 1. The fraction of sp³-hybridized carbons (Fsp3) is 0.714. The molecule has 1 aromatic heterocycles. The molecule has 1 atom stereocenters. The molecule has 0 saturated heterocycles. The van der Waals surface area contributed by atoms with E-state index < -0.39 is 0 Å². The quantitative estimate of drug-likeness (QED) is 0.772. The smallest absolute Gasteiger partial charge is 0.118 e. The summed E-state index contributed by atoms with van der Waals surface area (Å²) in [5.41, 5.74) is 0. The molecule has 0 aliphatic carbocycles. The highest BCUT2D eigenvalue weighted by molar-refractivity contribution is 5.05. The van der Waals surface area contributed by atoms with Gasteiger partial charge in [0.05, 0.1) is 19.3 Å². The van der Waals surface area contributed by atoms with Gasteiger partial charge in [0.2, 0.25) is 0 Å². The summed E-state index contributed by atoms with van der Waals surface area (Å²) in [5, 5.41) is 9.97. The van der Waals surface area contributed by atoms with Crippen molar-refractivity contribution in [1.82, 2.24) is 4.90 Å². The Morgan fingerprint density at radius 1 is 1.39 bits per heavy atom. The van der Waals surface area contributed by atoms with E-state index in [9.17, 15) is 5.11 Å². The van der Waals surface area contributed by atoms with E-state index in [2.05, 4.69) is 4.90 Å². The number of furan rings is 1. The van der Waals surface area contributed by atoms with E-state index in [0.717, 1.165) is 18.1 Å². The third kappa shape index (κ3) is 5.21. The molecule has 0 amide bonds. The van der Waals surface area contributed by atoms with Crippen molar-refractivity contribution in [2.45, 2.75) is 33.4 Å². The Kier molecular flexibility index (Phi) is 6.39. The van der Waals surface area contributed by atoms with Gasteiger partial charge in [0.25, 0.3) is 0 Å². The van der Waals surface area contributed by atoms with Crippen LogP contribution in [0, 0.1) is 12.8 Å². The third-order valence-corrected chi connectivity index (χ3v) is 3.00. The molecule has 18 heavy (non-hydrogen) atoms. The van der Waals surface area contributed by atoms with E-state index in [1.165, 1.54) is 0 Å². The zero-order valence-electron chi connectivity index (χ0n) is 11.8. The van der Waals surface area contributed by atoms with Crippen LogP contribution in [-0.2, 0) is 11.3 Å². The van der Waals surface area contributed by atoms with Crippen LogP contribution in [0.3, 0.4) is 0 Å². The first-order valence-corrected chi connectivity index (χ1v) is 6.47. The highest BCUT2D eigenvalue weighted by Gasteiger charge is 2.16. The molecule has 0 aliphatic heterocycles. The van der Waals surface area contributed by atoms with E-state index in [0.29, 0.717) is 19.7 Å². The van der Waals surface area contributed by atoms with Gasteiger partial charge >= 0.3 is 0 Å². The lowest BCUT2D eigenvalue weighted by Gasteiger charge is -2.25. The minimum absolute atomic E-state index is 0.258. The standard InChI is InChI=1S/C14H25NO3/c1-11(2)14(16)10-15(7-8-17-4)9-13-6-5-12(3)18-13/h5-6,11,14,16H,7-10H2,1-4H3/t14-/m0/s1. The maximum atomic E-state index is 9.97. The van der Waals surface area contributed by atoms with Crippen molar-refractivity contribution >= 4 is 0 Å². The summed E-state index contributed by atoms with van der Waals surface area (Å²) < 4.78 is 10.7. The lowest BCUT2D eigenvalue weighted by atomic mass is 10.1. The number of hydrogen-bond acceptors (Lipinski definition) is 4. The normalized spacial score (nSPS) is 13.5. The van der Waals surface area contributed by atoms with Crippen LogP contribution in [0.2, 0.25) is 0 Å². The van der Waals surface area contributed by atoms with Gasteiger partial charge in [-0.05, 0) is 25.0 Å². The van der Waals surface area contributed by atoms with Gasteiger partial charge < -0.3 is 14.3 Å². The van der Waals surface area contributed by atoms with Gasteiger partial charge in [-0.2, -0.15) is 0 Å².